The number of carbonyl (C=O) groups excluding carboxylic acids is 1. The summed E-state index contributed by atoms with van der Waals surface area (Å²) < 4.78 is 23.5. The van der Waals surface area contributed by atoms with E-state index in [0.717, 1.165) is 25.7 Å². The van der Waals surface area contributed by atoms with Gasteiger partial charge in [-0.1, -0.05) is 104 Å². The second kappa shape index (κ2) is 23.2. The van der Waals surface area contributed by atoms with Crippen LogP contribution in [0, 0.1) is 0 Å². The first-order chi connectivity index (χ1) is 18.0. The van der Waals surface area contributed by atoms with Crippen LogP contribution in [0.15, 0.2) is 0 Å². The number of esters is 1. The highest BCUT2D eigenvalue weighted by Gasteiger charge is 2.46. The fourth-order valence-electron chi connectivity index (χ4n) is 4.69. The number of aliphatic hydroxyl groups is 1. The topological polar surface area (TPSA) is 77.5 Å². The van der Waals surface area contributed by atoms with Crippen LogP contribution in [0.3, 0.4) is 0 Å². The first kappa shape index (κ1) is 34.3. The van der Waals surface area contributed by atoms with Crippen molar-refractivity contribution in [3.8, 4) is 0 Å². The lowest BCUT2D eigenvalue weighted by molar-refractivity contribution is -0.161. The smallest absolute Gasteiger partial charge is 0.307 e. The molecular formula is C30H59NO6. The van der Waals surface area contributed by atoms with Crippen LogP contribution in [0.25, 0.3) is 0 Å². The van der Waals surface area contributed by atoms with Crippen molar-refractivity contribution in [2.45, 2.75) is 148 Å². The number of ether oxygens (including phenoxy) is 4. The normalized spacial score (nSPS) is 21.7. The van der Waals surface area contributed by atoms with E-state index < -0.39 is 24.6 Å². The summed E-state index contributed by atoms with van der Waals surface area (Å²) in [4.78, 5) is 14.1. The monoisotopic (exact) mass is 529 g/mol. The van der Waals surface area contributed by atoms with Crippen molar-refractivity contribution in [3.05, 3.63) is 0 Å². The zero-order valence-electron chi connectivity index (χ0n) is 24.6. The van der Waals surface area contributed by atoms with Crippen molar-refractivity contribution in [2.75, 3.05) is 40.5 Å². The molecule has 0 spiro atoms. The summed E-state index contributed by atoms with van der Waals surface area (Å²) in [6.07, 6.45) is 17.5. The molecule has 0 saturated carbocycles. The van der Waals surface area contributed by atoms with Gasteiger partial charge < -0.3 is 29.0 Å². The number of hydrogen-bond acceptors (Lipinski definition) is 7. The predicted molar refractivity (Wildman–Crippen MR) is 150 cm³/mol. The number of carbonyl (C=O) groups is 1. The Morgan fingerprint density at radius 1 is 0.730 bits per heavy atom. The van der Waals surface area contributed by atoms with Gasteiger partial charge in [-0.25, -0.2) is 0 Å². The van der Waals surface area contributed by atoms with Crippen molar-refractivity contribution in [2.24, 2.45) is 0 Å². The van der Waals surface area contributed by atoms with Crippen LogP contribution in [-0.2, 0) is 23.7 Å². The molecule has 7 heteroatoms. The predicted octanol–water partition coefficient (Wildman–Crippen LogP) is 6.25. The zero-order valence-corrected chi connectivity index (χ0v) is 24.6. The number of nitrogens with zero attached hydrogens (tertiary/aromatic N) is 1. The maximum absolute atomic E-state index is 12.1. The molecule has 1 aliphatic rings. The summed E-state index contributed by atoms with van der Waals surface area (Å²) in [5.41, 5.74) is 0. The van der Waals surface area contributed by atoms with Crippen LogP contribution in [0.5, 0.6) is 0 Å². The molecular weight excluding hydrogens is 470 g/mol. The van der Waals surface area contributed by atoms with Crippen molar-refractivity contribution in [1.82, 2.24) is 4.90 Å². The van der Waals surface area contributed by atoms with Crippen molar-refractivity contribution >= 4 is 5.97 Å². The zero-order chi connectivity index (χ0) is 27.1. The van der Waals surface area contributed by atoms with Crippen molar-refractivity contribution < 1.29 is 28.8 Å². The SMILES string of the molecule is CCCCCCCCCCO[C@@H]1[C@H](OCCCCCCCCCC)[C@H](O)O[C@@H]1COC(=O)CCN(C)C. The van der Waals surface area contributed by atoms with Gasteiger partial charge in [-0.15, -0.1) is 0 Å². The second-order valence-corrected chi connectivity index (χ2v) is 10.9. The lowest BCUT2D eigenvalue weighted by atomic mass is 10.1. The maximum Gasteiger partial charge on any atom is 0.307 e. The van der Waals surface area contributed by atoms with Crippen LogP contribution in [0.1, 0.15) is 123 Å². The molecule has 0 unspecified atom stereocenters. The molecule has 1 heterocycles. The highest BCUT2D eigenvalue weighted by atomic mass is 16.7. The van der Waals surface area contributed by atoms with Crippen LogP contribution in [-0.4, -0.2) is 81.0 Å². The minimum atomic E-state index is -1.07. The van der Waals surface area contributed by atoms with Crippen molar-refractivity contribution in [3.63, 3.8) is 0 Å². The number of rotatable bonds is 25. The van der Waals surface area contributed by atoms with Gasteiger partial charge in [0.2, 0.25) is 0 Å². The van der Waals surface area contributed by atoms with Gasteiger partial charge in [-0.3, -0.25) is 4.79 Å². The molecule has 0 aromatic carbocycles. The summed E-state index contributed by atoms with van der Waals surface area (Å²) >= 11 is 0. The molecule has 37 heavy (non-hydrogen) atoms. The lowest BCUT2D eigenvalue weighted by Crippen LogP contribution is -2.40. The van der Waals surface area contributed by atoms with E-state index >= 15 is 0 Å². The molecule has 0 bridgehead atoms. The average Bonchev–Trinajstić information content (AvgIpc) is 3.18. The summed E-state index contributed by atoms with van der Waals surface area (Å²) in [6, 6.07) is 0. The third kappa shape index (κ3) is 17.5. The Bertz CT molecular complexity index is 532. The van der Waals surface area contributed by atoms with Gasteiger partial charge in [-0.05, 0) is 26.9 Å². The van der Waals surface area contributed by atoms with E-state index in [2.05, 4.69) is 13.8 Å². The van der Waals surface area contributed by atoms with E-state index in [1.54, 1.807) is 0 Å². The Hall–Kier alpha value is -0.730. The second-order valence-electron chi connectivity index (χ2n) is 10.9. The number of unbranched alkanes of at least 4 members (excludes halogenated alkanes) is 14. The molecule has 0 aromatic heterocycles. The Kier molecular flexibility index (Phi) is 21.5. The van der Waals surface area contributed by atoms with E-state index in [4.69, 9.17) is 18.9 Å². The van der Waals surface area contributed by atoms with E-state index in [1.807, 2.05) is 19.0 Å². The van der Waals surface area contributed by atoms with Crippen LogP contribution in [0.4, 0.5) is 0 Å². The summed E-state index contributed by atoms with van der Waals surface area (Å²) in [6.45, 7) is 6.36. The molecule has 4 atom stereocenters. The van der Waals surface area contributed by atoms with E-state index in [-0.39, 0.29) is 12.6 Å². The fourth-order valence-corrected chi connectivity index (χ4v) is 4.69. The highest BCUT2D eigenvalue weighted by molar-refractivity contribution is 5.69. The molecule has 0 amide bonds. The van der Waals surface area contributed by atoms with Gasteiger partial charge in [0.25, 0.3) is 0 Å². The van der Waals surface area contributed by atoms with Gasteiger partial charge >= 0.3 is 5.97 Å². The van der Waals surface area contributed by atoms with Gasteiger partial charge in [0, 0.05) is 19.8 Å². The van der Waals surface area contributed by atoms with Gasteiger partial charge in [-0.2, -0.15) is 0 Å². The number of hydrogen-bond donors (Lipinski definition) is 1. The molecule has 1 rings (SSSR count). The Morgan fingerprint density at radius 2 is 1.19 bits per heavy atom. The minimum Gasteiger partial charge on any atom is -0.463 e. The third-order valence-electron chi connectivity index (χ3n) is 7.07. The molecule has 1 N–H and O–H groups in total. The Morgan fingerprint density at radius 3 is 1.68 bits per heavy atom. The standard InChI is InChI=1S/C30H59NO6/c1-5-7-9-11-13-15-17-19-23-34-28-26(25-36-27(32)21-22-31(3)4)37-30(33)29(28)35-24-20-18-16-14-12-10-8-6-2/h26,28-30,33H,5-25H2,1-4H3/t26-,28+,29+,30-/m1/s1. The quantitative estimate of drug-likeness (QED) is 0.111. The Labute approximate surface area is 227 Å². The van der Waals surface area contributed by atoms with Crippen LogP contribution < -0.4 is 0 Å². The first-order valence-corrected chi connectivity index (χ1v) is 15.4. The third-order valence-corrected chi connectivity index (χ3v) is 7.07. The van der Waals surface area contributed by atoms with E-state index in [0.29, 0.717) is 26.2 Å². The van der Waals surface area contributed by atoms with E-state index in [1.165, 1.54) is 77.0 Å². The van der Waals surface area contributed by atoms with E-state index in [9.17, 15) is 9.90 Å². The molecule has 1 saturated heterocycles. The summed E-state index contributed by atoms with van der Waals surface area (Å²) in [7, 11) is 3.85. The molecule has 0 radical (unpaired) electrons. The van der Waals surface area contributed by atoms with Gasteiger partial charge in [0.05, 0.1) is 6.42 Å². The van der Waals surface area contributed by atoms with Crippen molar-refractivity contribution in [1.29, 1.82) is 0 Å². The molecule has 0 aliphatic carbocycles. The highest BCUT2D eigenvalue weighted by Crippen LogP contribution is 2.27. The van der Waals surface area contributed by atoms with Gasteiger partial charge in [0.1, 0.15) is 24.9 Å². The molecule has 220 valence electrons. The number of aliphatic hydroxyl groups excluding tert-OH is 1. The largest absolute Gasteiger partial charge is 0.463 e. The van der Waals surface area contributed by atoms with Crippen LogP contribution >= 0.6 is 0 Å². The minimum absolute atomic E-state index is 0.0725. The molecule has 1 fully saturated rings. The van der Waals surface area contributed by atoms with Crippen LogP contribution in [0.2, 0.25) is 0 Å². The van der Waals surface area contributed by atoms with Gasteiger partial charge in [0.15, 0.2) is 6.29 Å². The average molecular weight is 530 g/mol. The fraction of sp³-hybridized carbons (Fsp3) is 0.967. The molecule has 1 aliphatic heterocycles. The Balaban J connectivity index is 2.42. The molecule has 0 aromatic rings. The summed E-state index contributed by atoms with van der Waals surface area (Å²) in [5, 5.41) is 10.6. The molecule has 7 nitrogen and oxygen atoms in total. The lowest BCUT2D eigenvalue weighted by Gasteiger charge is -2.24. The maximum atomic E-state index is 12.1. The summed E-state index contributed by atoms with van der Waals surface area (Å²) in [5.74, 6) is -0.267. The first-order valence-electron chi connectivity index (χ1n) is 15.4.